The van der Waals surface area contributed by atoms with Crippen molar-refractivity contribution in [3.05, 3.63) is 59.4 Å². The van der Waals surface area contributed by atoms with Crippen LogP contribution >= 0.6 is 0 Å². The van der Waals surface area contributed by atoms with Gasteiger partial charge in [0.1, 0.15) is 17.5 Å². The molecule has 0 spiro atoms. The Hall–Kier alpha value is -1.81. The van der Waals surface area contributed by atoms with Gasteiger partial charge in [0.25, 0.3) is 0 Å². The van der Waals surface area contributed by atoms with E-state index in [0.717, 1.165) is 6.07 Å². The first-order valence-electron chi connectivity index (χ1n) is 5.49. The zero-order chi connectivity index (χ0) is 13.1. The minimum absolute atomic E-state index is 0.374. The lowest BCUT2D eigenvalue weighted by Gasteiger charge is -2.10. The van der Waals surface area contributed by atoms with Gasteiger partial charge in [-0.1, -0.05) is 6.07 Å². The predicted molar refractivity (Wildman–Crippen MR) is 64.5 cm³/mol. The summed E-state index contributed by atoms with van der Waals surface area (Å²) in [6.07, 6.45) is 0. The van der Waals surface area contributed by atoms with E-state index in [9.17, 15) is 13.2 Å². The summed E-state index contributed by atoms with van der Waals surface area (Å²) in [5, 5.41) is 2.90. The van der Waals surface area contributed by atoms with Gasteiger partial charge in [0.05, 0.1) is 0 Å². The summed E-state index contributed by atoms with van der Waals surface area (Å²) in [6.45, 7) is 0.422. The van der Waals surface area contributed by atoms with Crippen molar-refractivity contribution in [1.29, 1.82) is 0 Å². The van der Waals surface area contributed by atoms with Crippen molar-refractivity contribution in [3.8, 4) is 11.1 Å². The number of benzene rings is 2. The quantitative estimate of drug-likeness (QED) is 0.880. The maximum Gasteiger partial charge on any atom is 0.126 e. The van der Waals surface area contributed by atoms with Crippen LogP contribution in [0.1, 0.15) is 5.56 Å². The number of hydrogen-bond donors (Lipinski definition) is 1. The van der Waals surface area contributed by atoms with E-state index < -0.39 is 11.6 Å². The van der Waals surface area contributed by atoms with Crippen LogP contribution in [-0.2, 0) is 6.54 Å². The van der Waals surface area contributed by atoms with Gasteiger partial charge in [-0.2, -0.15) is 0 Å². The van der Waals surface area contributed by atoms with E-state index in [1.165, 1.54) is 30.3 Å². The van der Waals surface area contributed by atoms with Crippen molar-refractivity contribution in [2.75, 3.05) is 7.05 Å². The highest BCUT2D eigenvalue weighted by atomic mass is 19.1. The van der Waals surface area contributed by atoms with Gasteiger partial charge in [0.15, 0.2) is 0 Å². The van der Waals surface area contributed by atoms with Gasteiger partial charge in [-0.15, -0.1) is 0 Å². The minimum atomic E-state index is -0.648. The highest BCUT2D eigenvalue weighted by Gasteiger charge is 2.08. The van der Waals surface area contributed by atoms with E-state index >= 15 is 0 Å². The lowest BCUT2D eigenvalue weighted by atomic mass is 9.99. The molecule has 0 aliphatic rings. The third-order valence-corrected chi connectivity index (χ3v) is 2.61. The first-order chi connectivity index (χ1) is 8.60. The van der Waals surface area contributed by atoms with Crippen LogP contribution in [0.3, 0.4) is 0 Å². The molecule has 0 heterocycles. The molecule has 0 atom stereocenters. The molecule has 2 rings (SSSR count). The average Bonchev–Trinajstić information content (AvgIpc) is 2.28. The van der Waals surface area contributed by atoms with Crippen molar-refractivity contribution in [2.45, 2.75) is 6.54 Å². The molecule has 1 N–H and O–H groups in total. The summed E-state index contributed by atoms with van der Waals surface area (Å²) < 4.78 is 39.5. The van der Waals surface area contributed by atoms with Crippen molar-refractivity contribution in [3.63, 3.8) is 0 Å². The third kappa shape index (κ3) is 2.71. The second-order valence-corrected chi connectivity index (χ2v) is 3.99. The molecule has 0 aromatic heterocycles. The fourth-order valence-corrected chi connectivity index (χ4v) is 1.89. The number of halogens is 3. The fourth-order valence-electron chi connectivity index (χ4n) is 1.89. The van der Waals surface area contributed by atoms with Crippen LogP contribution < -0.4 is 5.32 Å². The smallest absolute Gasteiger partial charge is 0.126 e. The van der Waals surface area contributed by atoms with Gasteiger partial charge in [-0.05, 0) is 48.0 Å². The average molecular weight is 251 g/mol. The lowest BCUT2D eigenvalue weighted by molar-refractivity contribution is 0.584. The molecule has 0 aliphatic carbocycles. The Morgan fingerprint density at radius 2 is 1.56 bits per heavy atom. The first kappa shape index (κ1) is 12.6. The first-order valence-corrected chi connectivity index (χ1v) is 5.49. The standard InChI is InChI=1S/C14H12F3N/c1-18-8-10-6-11(15)2-3-14(10)9-4-12(16)7-13(17)5-9/h2-7,18H,8H2,1H3. The number of rotatable bonds is 3. The third-order valence-electron chi connectivity index (χ3n) is 2.61. The topological polar surface area (TPSA) is 12.0 Å². The molecule has 2 aromatic carbocycles. The van der Waals surface area contributed by atoms with Crippen molar-refractivity contribution in [1.82, 2.24) is 5.32 Å². The maximum absolute atomic E-state index is 13.2. The Kier molecular flexibility index (Phi) is 3.67. The Morgan fingerprint density at radius 1 is 0.889 bits per heavy atom. The van der Waals surface area contributed by atoms with Crippen LogP contribution in [-0.4, -0.2) is 7.05 Å². The van der Waals surface area contributed by atoms with Gasteiger partial charge in [0.2, 0.25) is 0 Å². The summed E-state index contributed by atoms with van der Waals surface area (Å²) in [5.41, 5.74) is 1.67. The normalized spacial score (nSPS) is 10.7. The van der Waals surface area contributed by atoms with Gasteiger partial charge < -0.3 is 5.32 Å². The largest absolute Gasteiger partial charge is 0.316 e. The van der Waals surface area contributed by atoms with Crippen molar-refractivity contribution >= 4 is 0 Å². The second-order valence-electron chi connectivity index (χ2n) is 3.99. The summed E-state index contributed by atoms with van der Waals surface area (Å²) in [4.78, 5) is 0. The van der Waals surface area contributed by atoms with Gasteiger partial charge in [0, 0.05) is 12.6 Å². The van der Waals surface area contributed by atoms with Crippen molar-refractivity contribution in [2.24, 2.45) is 0 Å². The van der Waals surface area contributed by atoms with Crippen LogP contribution in [0, 0.1) is 17.5 Å². The van der Waals surface area contributed by atoms with Gasteiger partial charge >= 0.3 is 0 Å². The molecule has 0 radical (unpaired) electrons. The highest BCUT2D eigenvalue weighted by molar-refractivity contribution is 5.67. The monoisotopic (exact) mass is 251 g/mol. The molecule has 1 nitrogen and oxygen atoms in total. The SMILES string of the molecule is CNCc1cc(F)ccc1-c1cc(F)cc(F)c1. The van der Waals surface area contributed by atoms with E-state index in [2.05, 4.69) is 5.32 Å². The number of hydrogen-bond acceptors (Lipinski definition) is 1. The molecule has 4 heteroatoms. The van der Waals surface area contributed by atoms with Crippen LogP contribution in [0.2, 0.25) is 0 Å². The minimum Gasteiger partial charge on any atom is -0.316 e. The van der Waals surface area contributed by atoms with E-state index in [-0.39, 0.29) is 5.82 Å². The molecule has 2 aromatic rings. The Morgan fingerprint density at radius 3 is 2.17 bits per heavy atom. The highest BCUT2D eigenvalue weighted by Crippen LogP contribution is 2.26. The molecular formula is C14H12F3N. The number of nitrogens with one attached hydrogen (secondary N) is 1. The van der Waals surface area contributed by atoms with Crippen LogP contribution in [0.4, 0.5) is 13.2 Å². The maximum atomic E-state index is 13.2. The van der Waals surface area contributed by atoms with Crippen LogP contribution in [0.15, 0.2) is 36.4 Å². The summed E-state index contributed by atoms with van der Waals surface area (Å²) in [5.74, 6) is -1.67. The zero-order valence-corrected chi connectivity index (χ0v) is 9.81. The molecular weight excluding hydrogens is 239 g/mol. The Bertz CT molecular complexity index is 547. The molecule has 0 bridgehead atoms. The van der Waals surface area contributed by atoms with E-state index in [1.807, 2.05) is 0 Å². The van der Waals surface area contributed by atoms with Gasteiger partial charge in [-0.25, -0.2) is 13.2 Å². The molecule has 0 aliphatic heterocycles. The van der Waals surface area contributed by atoms with E-state index in [1.54, 1.807) is 7.05 Å². The summed E-state index contributed by atoms with van der Waals surface area (Å²) >= 11 is 0. The second kappa shape index (κ2) is 5.23. The van der Waals surface area contributed by atoms with E-state index in [4.69, 9.17) is 0 Å². The molecule has 0 amide bonds. The summed E-state index contributed by atoms with van der Waals surface area (Å²) in [7, 11) is 1.72. The zero-order valence-electron chi connectivity index (χ0n) is 9.81. The fraction of sp³-hybridized carbons (Fsp3) is 0.143. The van der Waals surface area contributed by atoms with Crippen LogP contribution in [0.25, 0.3) is 11.1 Å². The molecule has 0 saturated heterocycles. The Labute approximate surface area is 103 Å². The molecule has 0 fully saturated rings. The molecule has 18 heavy (non-hydrogen) atoms. The predicted octanol–water partition coefficient (Wildman–Crippen LogP) is 3.49. The molecule has 0 saturated carbocycles. The van der Waals surface area contributed by atoms with Crippen molar-refractivity contribution < 1.29 is 13.2 Å². The van der Waals surface area contributed by atoms with E-state index in [0.29, 0.717) is 23.2 Å². The Balaban J connectivity index is 2.55. The van der Waals surface area contributed by atoms with Gasteiger partial charge in [-0.3, -0.25) is 0 Å². The lowest BCUT2D eigenvalue weighted by Crippen LogP contribution is -2.07. The van der Waals surface area contributed by atoms with Crippen LogP contribution in [0.5, 0.6) is 0 Å². The molecule has 0 unspecified atom stereocenters. The summed E-state index contributed by atoms with van der Waals surface area (Å²) in [6, 6.07) is 7.43. The molecule has 94 valence electrons.